The molecule has 0 aromatic carbocycles. The van der Waals surface area contributed by atoms with Crippen LogP contribution in [0.4, 0.5) is 0 Å². The first-order valence-electron chi connectivity index (χ1n) is 6.47. The Hall–Kier alpha value is 0.0469. The highest BCUT2D eigenvalue weighted by Crippen LogP contribution is 2.41. The van der Waals surface area contributed by atoms with Gasteiger partial charge in [0.25, 0.3) is 0 Å². The molecule has 0 aromatic heterocycles. The van der Waals surface area contributed by atoms with E-state index < -0.39 is 8.07 Å². The third kappa shape index (κ3) is 5.48. The minimum atomic E-state index is -1.15. The van der Waals surface area contributed by atoms with Gasteiger partial charge in [0.2, 0.25) is 0 Å². The quantitative estimate of drug-likeness (QED) is 0.433. The molecule has 0 aromatic rings. The van der Waals surface area contributed by atoms with E-state index in [-0.39, 0.29) is 5.41 Å². The van der Waals surface area contributed by atoms with Gasteiger partial charge < -0.3 is 0 Å². The summed E-state index contributed by atoms with van der Waals surface area (Å²) in [6.07, 6.45) is 9.20. The van der Waals surface area contributed by atoms with Crippen molar-refractivity contribution in [2.45, 2.75) is 58.1 Å². The molecule has 0 N–H and O–H groups in total. The van der Waals surface area contributed by atoms with Crippen LogP contribution in [0.5, 0.6) is 0 Å². The van der Waals surface area contributed by atoms with Crippen molar-refractivity contribution in [3.05, 3.63) is 24.3 Å². The first kappa shape index (κ1) is 17.0. The van der Waals surface area contributed by atoms with Gasteiger partial charge in [-0.05, 0) is 38.4 Å². The number of thioether (sulfide) groups is 1. The number of rotatable bonds is 7. The molecule has 0 aliphatic carbocycles. The van der Waals surface area contributed by atoms with Crippen LogP contribution in [-0.2, 0) is 0 Å². The minimum absolute atomic E-state index is 0.274. The zero-order valence-corrected chi connectivity index (χ0v) is 14.6. The highest BCUT2D eigenvalue weighted by atomic mass is 32.2. The SMILES string of the molecule is C=C[C@@](C)(CCC=C(C)C)[C@H](SC)[Si](C)(C)C. The fourth-order valence-electron chi connectivity index (χ4n) is 2.62. The van der Waals surface area contributed by atoms with E-state index in [1.54, 1.807) is 0 Å². The summed E-state index contributed by atoms with van der Waals surface area (Å²) in [4.78, 5) is 0.748. The maximum Gasteiger partial charge on any atom is 0.0598 e. The summed E-state index contributed by atoms with van der Waals surface area (Å²) in [5, 5.41) is 0. The van der Waals surface area contributed by atoms with Gasteiger partial charge in [0.05, 0.1) is 8.07 Å². The normalized spacial score (nSPS) is 17.1. The highest BCUT2D eigenvalue weighted by Gasteiger charge is 2.39. The summed E-state index contributed by atoms with van der Waals surface area (Å²) < 4.78 is 0. The van der Waals surface area contributed by atoms with E-state index in [2.05, 4.69) is 65.4 Å². The average Bonchev–Trinajstić information content (AvgIpc) is 2.15. The van der Waals surface area contributed by atoms with Gasteiger partial charge in [-0.25, -0.2) is 0 Å². The average molecular weight is 271 g/mol. The van der Waals surface area contributed by atoms with Gasteiger partial charge >= 0.3 is 0 Å². The lowest BCUT2D eigenvalue weighted by Crippen LogP contribution is -2.46. The van der Waals surface area contributed by atoms with E-state index >= 15 is 0 Å². The Bertz CT molecular complexity index is 271. The second-order valence-electron chi connectivity index (χ2n) is 6.51. The molecule has 0 nitrogen and oxygen atoms in total. The number of hydrogen-bond acceptors (Lipinski definition) is 1. The Morgan fingerprint density at radius 3 is 2.18 bits per heavy atom. The number of hydrogen-bond donors (Lipinski definition) is 0. The maximum atomic E-state index is 4.10. The number of allylic oxidation sites excluding steroid dienone is 3. The zero-order chi connectivity index (χ0) is 13.7. The van der Waals surface area contributed by atoms with E-state index in [1.807, 2.05) is 11.8 Å². The molecular formula is C15H30SSi. The van der Waals surface area contributed by atoms with Crippen molar-refractivity contribution in [2.75, 3.05) is 6.26 Å². The van der Waals surface area contributed by atoms with Gasteiger partial charge in [0, 0.05) is 4.87 Å². The van der Waals surface area contributed by atoms with Crippen molar-refractivity contribution in [2.24, 2.45) is 5.41 Å². The summed E-state index contributed by atoms with van der Waals surface area (Å²) in [7, 11) is -1.15. The van der Waals surface area contributed by atoms with E-state index in [0.29, 0.717) is 0 Å². The highest BCUT2D eigenvalue weighted by molar-refractivity contribution is 8.01. The van der Waals surface area contributed by atoms with Crippen molar-refractivity contribution in [3.8, 4) is 0 Å². The van der Waals surface area contributed by atoms with Crippen LogP contribution in [-0.4, -0.2) is 19.2 Å². The molecule has 2 atom stereocenters. The van der Waals surface area contributed by atoms with Crippen LogP contribution in [0.2, 0.25) is 19.6 Å². The van der Waals surface area contributed by atoms with Crippen molar-refractivity contribution in [1.29, 1.82) is 0 Å². The van der Waals surface area contributed by atoms with E-state index in [1.165, 1.54) is 18.4 Å². The lowest BCUT2D eigenvalue weighted by molar-refractivity contribution is 0.424. The summed E-state index contributed by atoms with van der Waals surface area (Å²) >= 11 is 2.04. The Morgan fingerprint density at radius 2 is 1.88 bits per heavy atom. The Balaban J connectivity index is 4.86. The molecule has 0 amide bonds. The van der Waals surface area contributed by atoms with Crippen LogP contribution >= 0.6 is 11.8 Å². The summed E-state index contributed by atoms with van der Waals surface area (Å²) in [5.74, 6) is 0. The molecule has 0 heterocycles. The van der Waals surface area contributed by atoms with E-state index in [4.69, 9.17) is 0 Å². The molecule has 0 fully saturated rings. The van der Waals surface area contributed by atoms with Crippen LogP contribution < -0.4 is 0 Å². The predicted octanol–water partition coefficient (Wildman–Crippen LogP) is 5.53. The fourth-order valence-corrected chi connectivity index (χ4v) is 8.45. The Kier molecular flexibility index (Phi) is 6.86. The second kappa shape index (κ2) is 6.84. The van der Waals surface area contributed by atoms with Gasteiger partial charge in [-0.3, -0.25) is 0 Å². The van der Waals surface area contributed by atoms with Crippen molar-refractivity contribution in [1.82, 2.24) is 0 Å². The van der Waals surface area contributed by atoms with Gasteiger partial charge in [-0.15, -0.1) is 6.58 Å². The topological polar surface area (TPSA) is 0 Å². The van der Waals surface area contributed by atoms with Crippen molar-refractivity contribution in [3.63, 3.8) is 0 Å². The predicted molar refractivity (Wildman–Crippen MR) is 87.6 cm³/mol. The molecule has 2 heteroatoms. The molecule has 0 rings (SSSR count). The van der Waals surface area contributed by atoms with Crippen LogP contribution in [0.1, 0.15) is 33.6 Å². The van der Waals surface area contributed by atoms with Crippen LogP contribution in [0, 0.1) is 5.41 Å². The van der Waals surface area contributed by atoms with Gasteiger partial charge in [0.1, 0.15) is 0 Å². The fraction of sp³-hybridized carbons (Fsp3) is 0.733. The molecule has 17 heavy (non-hydrogen) atoms. The first-order valence-corrected chi connectivity index (χ1v) is 11.3. The van der Waals surface area contributed by atoms with Crippen molar-refractivity contribution < 1.29 is 0 Å². The summed E-state index contributed by atoms with van der Waals surface area (Å²) in [5.41, 5.74) is 1.70. The van der Waals surface area contributed by atoms with Crippen molar-refractivity contribution >= 4 is 19.8 Å². The van der Waals surface area contributed by atoms with Gasteiger partial charge in [-0.1, -0.05) is 44.3 Å². The minimum Gasteiger partial charge on any atom is -0.164 e. The van der Waals surface area contributed by atoms with Crippen LogP contribution in [0.3, 0.4) is 0 Å². The molecule has 0 spiro atoms. The molecule has 0 saturated heterocycles. The third-order valence-electron chi connectivity index (χ3n) is 3.32. The molecule has 0 aliphatic heterocycles. The maximum absolute atomic E-state index is 4.10. The molecule has 0 radical (unpaired) electrons. The summed E-state index contributed by atoms with van der Waals surface area (Å²) in [6, 6.07) is 0. The van der Waals surface area contributed by atoms with Crippen LogP contribution in [0.25, 0.3) is 0 Å². The molecule has 0 unspecified atom stereocenters. The third-order valence-corrected chi connectivity index (χ3v) is 9.39. The monoisotopic (exact) mass is 270 g/mol. The van der Waals surface area contributed by atoms with E-state index in [0.717, 1.165) is 4.87 Å². The standard InChI is InChI=1S/C15H30SSi/c1-9-15(4,12-10-11-13(2)3)14(16-5)17(6,7)8/h9,11,14H,1,10,12H2,2-8H3/t14-,15+/m1/s1. The van der Waals surface area contributed by atoms with Gasteiger partial charge in [-0.2, -0.15) is 11.8 Å². The molecular weight excluding hydrogens is 240 g/mol. The lowest BCUT2D eigenvalue weighted by atomic mass is 9.87. The van der Waals surface area contributed by atoms with Crippen LogP contribution in [0.15, 0.2) is 24.3 Å². The lowest BCUT2D eigenvalue weighted by Gasteiger charge is -2.41. The zero-order valence-electron chi connectivity index (χ0n) is 12.8. The summed E-state index contributed by atoms with van der Waals surface area (Å²) in [6.45, 7) is 18.2. The first-order chi connectivity index (χ1) is 7.67. The largest absolute Gasteiger partial charge is 0.164 e. The molecule has 0 bridgehead atoms. The smallest absolute Gasteiger partial charge is 0.0598 e. The Morgan fingerprint density at radius 1 is 1.35 bits per heavy atom. The molecule has 0 saturated carbocycles. The molecule has 0 aliphatic rings. The Labute approximate surface area is 114 Å². The molecule has 100 valence electrons. The van der Waals surface area contributed by atoms with Gasteiger partial charge in [0.15, 0.2) is 0 Å². The second-order valence-corrected chi connectivity index (χ2v) is 13.2. The van der Waals surface area contributed by atoms with E-state index in [9.17, 15) is 0 Å².